The lowest BCUT2D eigenvalue weighted by molar-refractivity contribution is -0.127. The summed E-state index contributed by atoms with van der Waals surface area (Å²) in [6, 6.07) is -0.801. The van der Waals surface area contributed by atoms with Crippen molar-refractivity contribution in [2.75, 3.05) is 33.7 Å². The van der Waals surface area contributed by atoms with Crippen LogP contribution >= 0.6 is 0 Å². The van der Waals surface area contributed by atoms with Crippen molar-refractivity contribution in [3.8, 4) is 0 Å². The van der Waals surface area contributed by atoms with Crippen LogP contribution in [0.1, 0.15) is 25.7 Å². The lowest BCUT2D eigenvalue weighted by Gasteiger charge is -2.35. The molecule has 2 atom stereocenters. The molecule has 0 aromatic rings. The monoisotopic (exact) mass is 320 g/mol. The molecule has 2 saturated heterocycles. The molecule has 23 heavy (non-hydrogen) atoms. The fraction of sp³-hybridized carbons (Fsp3) is 0.733. The molecule has 3 heterocycles. The van der Waals surface area contributed by atoms with E-state index >= 15 is 0 Å². The number of hydrogen-bond donors (Lipinski definition) is 1. The van der Waals surface area contributed by atoms with E-state index in [1.165, 1.54) is 23.6 Å². The average molecular weight is 320 g/mol. The Morgan fingerprint density at radius 1 is 1.35 bits per heavy atom. The van der Waals surface area contributed by atoms with Gasteiger partial charge >= 0.3 is 6.03 Å². The van der Waals surface area contributed by atoms with Crippen molar-refractivity contribution in [1.82, 2.24) is 20.0 Å². The fourth-order valence-electron chi connectivity index (χ4n) is 3.27. The molecule has 0 aromatic heterocycles. The van der Waals surface area contributed by atoms with E-state index in [-0.39, 0.29) is 11.9 Å². The number of carbonyl (C=O) groups is 2. The van der Waals surface area contributed by atoms with Gasteiger partial charge in [0, 0.05) is 40.2 Å². The van der Waals surface area contributed by atoms with Gasteiger partial charge in [-0.3, -0.25) is 15.1 Å². The lowest BCUT2D eigenvalue weighted by Crippen LogP contribution is -2.63. The highest BCUT2D eigenvalue weighted by Crippen LogP contribution is 2.20. The number of amidine groups is 1. The Balaban J connectivity index is 1.51. The van der Waals surface area contributed by atoms with Crippen LogP contribution in [0.4, 0.5) is 4.79 Å². The molecule has 3 aliphatic rings. The van der Waals surface area contributed by atoms with E-state index in [4.69, 9.17) is 0 Å². The van der Waals surface area contributed by atoms with Crippen molar-refractivity contribution in [1.29, 1.82) is 0 Å². The maximum absolute atomic E-state index is 12.1. The van der Waals surface area contributed by atoms with Crippen LogP contribution in [0.2, 0.25) is 0 Å². The summed E-state index contributed by atoms with van der Waals surface area (Å²) >= 11 is 0. The van der Waals surface area contributed by atoms with Gasteiger partial charge in [-0.05, 0) is 19.3 Å². The highest BCUT2D eigenvalue weighted by molar-refractivity contribution is 6.01. The second kappa shape index (κ2) is 6.55. The summed E-state index contributed by atoms with van der Waals surface area (Å²) in [6.07, 6.45) is 5.64. The molecule has 0 radical (unpaired) electrons. The molecular formula is C15H24N6O2. The minimum atomic E-state index is -0.414. The first-order valence-corrected chi connectivity index (χ1v) is 8.19. The van der Waals surface area contributed by atoms with Crippen molar-refractivity contribution in [3.63, 3.8) is 0 Å². The van der Waals surface area contributed by atoms with Gasteiger partial charge in [-0.25, -0.2) is 9.79 Å². The third-order valence-electron chi connectivity index (χ3n) is 4.68. The largest absolute Gasteiger partial charge is 0.363 e. The molecule has 0 bridgehead atoms. The quantitative estimate of drug-likeness (QED) is 0.746. The van der Waals surface area contributed by atoms with Gasteiger partial charge in [0.15, 0.2) is 12.2 Å². The van der Waals surface area contributed by atoms with Gasteiger partial charge in [0.2, 0.25) is 0 Å². The molecule has 3 amide bonds. The molecule has 8 heteroatoms. The number of piperidine rings is 1. The van der Waals surface area contributed by atoms with E-state index < -0.39 is 12.2 Å². The molecule has 0 aliphatic carbocycles. The first-order valence-electron chi connectivity index (χ1n) is 8.19. The standard InChI is InChI=1S/C15H24N6O2/c1-19-8-4-3-6-11(19)16-7-5-9-21-10-17-13-12(21)14(22)18-15(23)20(13)2/h10,12-13H,3-9H2,1-2H3,(H,18,22,23). The first kappa shape index (κ1) is 15.8. The summed E-state index contributed by atoms with van der Waals surface area (Å²) < 4.78 is 0. The van der Waals surface area contributed by atoms with Crippen LogP contribution in [0.5, 0.6) is 0 Å². The predicted molar refractivity (Wildman–Crippen MR) is 87.5 cm³/mol. The van der Waals surface area contributed by atoms with E-state index in [9.17, 15) is 9.59 Å². The molecule has 0 aromatic carbocycles. The molecule has 0 spiro atoms. The van der Waals surface area contributed by atoms with Crippen LogP contribution in [0, 0.1) is 0 Å². The van der Waals surface area contributed by atoms with Crippen LogP contribution in [0.15, 0.2) is 9.98 Å². The summed E-state index contributed by atoms with van der Waals surface area (Å²) in [5.74, 6) is 0.916. The van der Waals surface area contributed by atoms with Gasteiger partial charge < -0.3 is 14.7 Å². The van der Waals surface area contributed by atoms with Crippen molar-refractivity contribution in [2.45, 2.75) is 37.9 Å². The molecule has 0 saturated carbocycles. The van der Waals surface area contributed by atoms with Crippen LogP contribution < -0.4 is 5.32 Å². The van der Waals surface area contributed by atoms with E-state index in [0.29, 0.717) is 6.54 Å². The minimum absolute atomic E-state index is 0.270. The number of amides is 3. The number of aliphatic imine (C=N–C) groups is 2. The van der Waals surface area contributed by atoms with Gasteiger partial charge in [-0.2, -0.15) is 0 Å². The predicted octanol–water partition coefficient (Wildman–Crippen LogP) is 0.111. The number of urea groups is 1. The van der Waals surface area contributed by atoms with Crippen molar-refractivity contribution in [3.05, 3.63) is 0 Å². The van der Waals surface area contributed by atoms with E-state index in [0.717, 1.165) is 25.9 Å². The third-order valence-corrected chi connectivity index (χ3v) is 4.68. The SMILES string of the molecule is CN1CCCCC1=NCCCN1C=NC2C1C(=O)NC(=O)N2C. The molecule has 2 fully saturated rings. The molecule has 2 unspecified atom stereocenters. The van der Waals surface area contributed by atoms with E-state index in [1.807, 2.05) is 4.90 Å². The average Bonchev–Trinajstić information content (AvgIpc) is 2.95. The second-order valence-electron chi connectivity index (χ2n) is 6.30. The van der Waals surface area contributed by atoms with Crippen molar-refractivity contribution in [2.24, 2.45) is 9.98 Å². The Morgan fingerprint density at radius 3 is 2.96 bits per heavy atom. The number of nitrogens with zero attached hydrogens (tertiary/aromatic N) is 5. The summed E-state index contributed by atoms with van der Waals surface area (Å²) in [5.41, 5.74) is 0. The Bertz CT molecular complexity index is 546. The molecule has 1 N–H and O–H groups in total. The number of carbonyl (C=O) groups excluding carboxylic acids is 2. The topological polar surface area (TPSA) is 80.6 Å². The fourth-order valence-corrected chi connectivity index (χ4v) is 3.27. The smallest absolute Gasteiger partial charge is 0.325 e. The van der Waals surface area contributed by atoms with Crippen LogP contribution in [0.3, 0.4) is 0 Å². The highest BCUT2D eigenvalue weighted by Gasteiger charge is 2.45. The number of likely N-dealkylation sites (N-methyl/N-ethyl adjacent to an activating group) is 1. The zero-order valence-electron chi connectivity index (χ0n) is 13.7. The highest BCUT2D eigenvalue weighted by atomic mass is 16.2. The molecule has 3 rings (SSSR count). The second-order valence-corrected chi connectivity index (χ2v) is 6.30. The molecule has 126 valence electrons. The van der Waals surface area contributed by atoms with Gasteiger partial charge in [-0.1, -0.05) is 0 Å². The first-order chi connectivity index (χ1) is 11.1. The maximum atomic E-state index is 12.1. The third kappa shape index (κ3) is 3.16. The van der Waals surface area contributed by atoms with Crippen molar-refractivity contribution < 1.29 is 9.59 Å². The summed E-state index contributed by atoms with van der Waals surface area (Å²) in [4.78, 5) is 38.2. The van der Waals surface area contributed by atoms with E-state index in [1.54, 1.807) is 13.4 Å². The normalized spacial score (nSPS) is 29.3. The van der Waals surface area contributed by atoms with Crippen LogP contribution in [-0.2, 0) is 4.79 Å². The Kier molecular flexibility index (Phi) is 4.49. The molecular weight excluding hydrogens is 296 g/mol. The number of imide groups is 1. The Labute approximate surface area is 136 Å². The minimum Gasteiger partial charge on any atom is -0.363 e. The number of nitrogens with one attached hydrogen (secondary N) is 1. The van der Waals surface area contributed by atoms with Gasteiger partial charge in [0.05, 0.1) is 12.2 Å². The van der Waals surface area contributed by atoms with Gasteiger partial charge in [-0.15, -0.1) is 0 Å². The van der Waals surface area contributed by atoms with E-state index in [2.05, 4.69) is 27.2 Å². The van der Waals surface area contributed by atoms with Gasteiger partial charge in [0.25, 0.3) is 5.91 Å². The number of hydrogen-bond acceptors (Lipinski definition) is 5. The number of fused-ring (bicyclic) bond motifs is 1. The van der Waals surface area contributed by atoms with Crippen LogP contribution in [0.25, 0.3) is 0 Å². The maximum Gasteiger partial charge on any atom is 0.325 e. The Hall–Kier alpha value is -2.12. The molecule has 3 aliphatic heterocycles. The molecule has 8 nitrogen and oxygen atoms in total. The summed E-state index contributed by atoms with van der Waals surface area (Å²) in [7, 11) is 3.75. The lowest BCUT2D eigenvalue weighted by atomic mass is 10.1. The van der Waals surface area contributed by atoms with Crippen molar-refractivity contribution >= 4 is 24.1 Å². The summed E-state index contributed by atoms with van der Waals surface area (Å²) in [5, 5.41) is 2.37. The zero-order valence-corrected chi connectivity index (χ0v) is 13.7. The Morgan fingerprint density at radius 2 is 2.17 bits per heavy atom. The van der Waals surface area contributed by atoms with Crippen LogP contribution in [-0.4, -0.2) is 84.7 Å². The number of likely N-dealkylation sites (tertiary alicyclic amines) is 1. The zero-order chi connectivity index (χ0) is 16.4. The van der Waals surface area contributed by atoms with Gasteiger partial charge in [0.1, 0.15) is 0 Å². The number of rotatable bonds is 4. The summed E-state index contributed by atoms with van der Waals surface area (Å²) in [6.45, 7) is 2.54.